The van der Waals surface area contributed by atoms with Gasteiger partial charge in [0.25, 0.3) is 5.91 Å². The monoisotopic (exact) mass is 321 g/mol. The molecule has 0 aliphatic rings. The summed E-state index contributed by atoms with van der Waals surface area (Å²) in [5.74, 6) is 0.556. The number of halogens is 1. The van der Waals surface area contributed by atoms with Crippen molar-refractivity contribution >= 4 is 17.5 Å². The third kappa shape index (κ3) is 4.49. The number of benzene rings is 1. The number of nitrogens with one attached hydrogen (secondary N) is 1. The van der Waals surface area contributed by atoms with E-state index >= 15 is 0 Å². The highest BCUT2D eigenvalue weighted by Crippen LogP contribution is 2.21. The van der Waals surface area contributed by atoms with Gasteiger partial charge in [-0.25, -0.2) is 4.68 Å². The van der Waals surface area contributed by atoms with E-state index in [1.54, 1.807) is 29.1 Å². The standard InChI is InChI=1S/C16H20ClN3O2/c1-3-4-8-18-16(21)15-7-9-20(19-15)11-22-13-5-6-14(17)12(2)10-13/h5-7,9-10H,3-4,8,11H2,1-2H3,(H,18,21). The van der Waals surface area contributed by atoms with Crippen molar-refractivity contribution in [3.05, 3.63) is 46.7 Å². The molecule has 0 radical (unpaired) electrons. The van der Waals surface area contributed by atoms with Crippen LogP contribution in [0.2, 0.25) is 5.02 Å². The van der Waals surface area contributed by atoms with Gasteiger partial charge in [-0.2, -0.15) is 5.10 Å². The van der Waals surface area contributed by atoms with E-state index in [-0.39, 0.29) is 12.6 Å². The highest BCUT2D eigenvalue weighted by molar-refractivity contribution is 6.31. The summed E-state index contributed by atoms with van der Waals surface area (Å²) >= 11 is 5.97. The molecule has 0 spiro atoms. The van der Waals surface area contributed by atoms with Crippen molar-refractivity contribution in [2.75, 3.05) is 6.54 Å². The number of carbonyl (C=O) groups excluding carboxylic acids is 1. The smallest absolute Gasteiger partial charge is 0.271 e. The van der Waals surface area contributed by atoms with E-state index in [0.717, 1.165) is 18.4 Å². The molecule has 2 aromatic rings. The minimum atomic E-state index is -0.158. The van der Waals surface area contributed by atoms with Crippen LogP contribution < -0.4 is 10.1 Å². The predicted molar refractivity (Wildman–Crippen MR) is 86.3 cm³/mol. The molecule has 0 aliphatic heterocycles. The molecule has 0 unspecified atom stereocenters. The van der Waals surface area contributed by atoms with Gasteiger partial charge in [-0.05, 0) is 43.2 Å². The van der Waals surface area contributed by atoms with Crippen LogP contribution in [-0.4, -0.2) is 22.2 Å². The summed E-state index contributed by atoms with van der Waals surface area (Å²) in [6.07, 6.45) is 3.73. The topological polar surface area (TPSA) is 56.2 Å². The van der Waals surface area contributed by atoms with Crippen LogP contribution in [0.25, 0.3) is 0 Å². The zero-order valence-corrected chi connectivity index (χ0v) is 13.6. The lowest BCUT2D eigenvalue weighted by Gasteiger charge is -2.07. The van der Waals surface area contributed by atoms with Crippen LogP contribution in [-0.2, 0) is 6.73 Å². The lowest BCUT2D eigenvalue weighted by molar-refractivity contribution is 0.0946. The van der Waals surface area contributed by atoms with E-state index in [2.05, 4.69) is 17.3 Å². The van der Waals surface area contributed by atoms with Crippen LogP contribution in [0.4, 0.5) is 0 Å². The first-order chi connectivity index (χ1) is 10.6. The molecule has 0 saturated carbocycles. The molecule has 0 aliphatic carbocycles. The first-order valence-corrected chi connectivity index (χ1v) is 7.68. The number of unbranched alkanes of at least 4 members (excludes halogenated alkanes) is 1. The summed E-state index contributed by atoms with van der Waals surface area (Å²) in [6, 6.07) is 7.14. The quantitative estimate of drug-likeness (QED) is 0.795. The molecule has 0 saturated heterocycles. The van der Waals surface area contributed by atoms with E-state index in [9.17, 15) is 4.79 Å². The largest absolute Gasteiger partial charge is 0.471 e. The number of amides is 1. The zero-order valence-electron chi connectivity index (χ0n) is 12.8. The molecule has 118 valence electrons. The molecular formula is C16H20ClN3O2. The average molecular weight is 322 g/mol. The van der Waals surface area contributed by atoms with Gasteiger partial charge >= 0.3 is 0 Å². The Balaban J connectivity index is 1.88. The minimum absolute atomic E-state index is 0.158. The predicted octanol–water partition coefficient (Wildman–Crippen LogP) is 3.41. The van der Waals surface area contributed by atoms with Gasteiger partial charge < -0.3 is 10.1 Å². The fourth-order valence-corrected chi connectivity index (χ4v) is 1.99. The second-order valence-corrected chi connectivity index (χ2v) is 5.44. The summed E-state index contributed by atoms with van der Waals surface area (Å²) < 4.78 is 7.21. The maximum atomic E-state index is 11.8. The number of aryl methyl sites for hydroxylation is 1. The Bertz CT molecular complexity index is 640. The molecule has 0 fully saturated rings. The number of ether oxygens (including phenoxy) is 1. The highest BCUT2D eigenvalue weighted by atomic mass is 35.5. The van der Waals surface area contributed by atoms with E-state index in [1.165, 1.54) is 0 Å². The van der Waals surface area contributed by atoms with Crippen molar-refractivity contribution in [2.45, 2.75) is 33.4 Å². The lowest BCUT2D eigenvalue weighted by Crippen LogP contribution is -2.25. The molecule has 22 heavy (non-hydrogen) atoms. The normalized spacial score (nSPS) is 10.5. The Morgan fingerprint density at radius 1 is 1.41 bits per heavy atom. The SMILES string of the molecule is CCCCNC(=O)c1ccn(COc2ccc(Cl)c(C)c2)n1. The van der Waals surface area contributed by atoms with Crippen molar-refractivity contribution in [1.29, 1.82) is 0 Å². The molecule has 1 heterocycles. The average Bonchev–Trinajstić information content (AvgIpc) is 2.98. The van der Waals surface area contributed by atoms with Gasteiger partial charge in [0.2, 0.25) is 0 Å². The molecule has 2 rings (SSSR count). The molecule has 0 atom stereocenters. The Labute approximate surface area is 135 Å². The summed E-state index contributed by atoms with van der Waals surface area (Å²) in [4.78, 5) is 11.8. The third-order valence-electron chi connectivity index (χ3n) is 3.18. The molecule has 0 bridgehead atoms. The fourth-order valence-electron chi connectivity index (χ4n) is 1.87. The third-order valence-corrected chi connectivity index (χ3v) is 3.61. The van der Waals surface area contributed by atoms with Crippen LogP contribution in [0.15, 0.2) is 30.5 Å². The van der Waals surface area contributed by atoms with Crippen molar-refractivity contribution in [3.8, 4) is 5.75 Å². The summed E-state index contributed by atoms with van der Waals surface area (Å²) in [7, 11) is 0. The Morgan fingerprint density at radius 3 is 2.95 bits per heavy atom. The highest BCUT2D eigenvalue weighted by Gasteiger charge is 2.08. The molecular weight excluding hydrogens is 302 g/mol. The molecule has 5 nitrogen and oxygen atoms in total. The number of carbonyl (C=O) groups is 1. The molecule has 1 aromatic heterocycles. The van der Waals surface area contributed by atoms with E-state index in [1.807, 2.05) is 13.0 Å². The molecule has 1 amide bonds. The second-order valence-electron chi connectivity index (χ2n) is 5.03. The first-order valence-electron chi connectivity index (χ1n) is 7.30. The number of aromatic nitrogens is 2. The van der Waals surface area contributed by atoms with Crippen molar-refractivity contribution < 1.29 is 9.53 Å². The van der Waals surface area contributed by atoms with Crippen LogP contribution >= 0.6 is 11.6 Å². The molecule has 1 N–H and O–H groups in total. The van der Waals surface area contributed by atoms with Gasteiger partial charge in [0.05, 0.1) is 0 Å². The van der Waals surface area contributed by atoms with Crippen molar-refractivity contribution in [1.82, 2.24) is 15.1 Å². The zero-order chi connectivity index (χ0) is 15.9. The van der Waals surface area contributed by atoms with Gasteiger partial charge in [-0.1, -0.05) is 24.9 Å². The first kappa shape index (κ1) is 16.4. The van der Waals surface area contributed by atoms with Crippen LogP contribution in [0.5, 0.6) is 5.75 Å². The number of rotatable bonds is 7. The lowest BCUT2D eigenvalue weighted by atomic mass is 10.2. The van der Waals surface area contributed by atoms with Gasteiger partial charge in [0, 0.05) is 17.8 Å². The van der Waals surface area contributed by atoms with Gasteiger partial charge in [-0.3, -0.25) is 4.79 Å². The van der Waals surface area contributed by atoms with Crippen LogP contribution in [0, 0.1) is 6.92 Å². The second kappa shape index (κ2) is 7.84. The number of hydrogen-bond acceptors (Lipinski definition) is 3. The van der Waals surface area contributed by atoms with E-state index in [4.69, 9.17) is 16.3 Å². The summed E-state index contributed by atoms with van der Waals surface area (Å²) in [5.41, 5.74) is 1.35. The minimum Gasteiger partial charge on any atom is -0.471 e. The van der Waals surface area contributed by atoms with E-state index in [0.29, 0.717) is 23.0 Å². The van der Waals surface area contributed by atoms with Crippen LogP contribution in [0.3, 0.4) is 0 Å². The van der Waals surface area contributed by atoms with Gasteiger partial charge in [-0.15, -0.1) is 0 Å². The molecule has 6 heteroatoms. The Morgan fingerprint density at radius 2 is 2.23 bits per heavy atom. The molecule has 1 aromatic carbocycles. The fraction of sp³-hybridized carbons (Fsp3) is 0.375. The summed E-state index contributed by atoms with van der Waals surface area (Å²) in [6.45, 7) is 4.91. The van der Waals surface area contributed by atoms with Gasteiger partial charge in [0.1, 0.15) is 11.4 Å². The van der Waals surface area contributed by atoms with Crippen molar-refractivity contribution in [3.63, 3.8) is 0 Å². The maximum Gasteiger partial charge on any atom is 0.271 e. The maximum absolute atomic E-state index is 11.8. The summed E-state index contributed by atoms with van der Waals surface area (Å²) in [5, 5.41) is 7.73. The number of hydrogen-bond donors (Lipinski definition) is 1. The Kier molecular flexibility index (Phi) is 5.83. The Hall–Kier alpha value is -2.01. The van der Waals surface area contributed by atoms with Crippen molar-refractivity contribution in [2.24, 2.45) is 0 Å². The van der Waals surface area contributed by atoms with E-state index < -0.39 is 0 Å². The van der Waals surface area contributed by atoms with Gasteiger partial charge in [0.15, 0.2) is 6.73 Å². The van der Waals surface area contributed by atoms with Crippen LogP contribution in [0.1, 0.15) is 35.8 Å². The number of nitrogens with zero attached hydrogens (tertiary/aromatic N) is 2.